The van der Waals surface area contributed by atoms with E-state index in [1.807, 2.05) is 0 Å². The zero-order chi connectivity index (χ0) is 20.6. The predicted molar refractivity (Wildman–Crippen MR) is 114 cm³/mol. The summed E-state index contributed by atoms with van der Waals surface area (Å²) in [5, 5.41) is 13.8. The summed E-state index contributed by atoms with van der Waals surface area (Å²) >= 11 is 0. The molecule has 3 rings (SSSR count). The monoisotopic (exact) mass is 400 g/mol. The van der Waals surface area contributed by atoms with Gasteiger partial charge < -0.3 is 15.2 Å². The topological polar surface area (TPSA) is 44.7 Å². The minimum absolute atomic E-state index is 0.175. The molecule has 4 nitrogen and oxygen atoms in total. The lowest BCUT2D eigenvalue weighted by atomic mass is 9.85. The van der Waals surface area contributed by atoms with Gasteiger partial charge in [-0.1, -0.05) is 62.4 Å². The molecule has 0 aromatic heterocycles. The number of piperidine rings is 1. The van der Waals surface area contributed by atoms with Gasteiger partial charge in [-0.3, -0.25) is 4.90 Å². The number of benzene rings is 2. The third-order valence-electron chi connectivity index (χ3n) is 5.68. The third kappa shape index (κ3) is 6.61. The van der Waals surface area contributed by atoms with Crippen molar-refractivity contribution in [1.82, 2.24) is 10.2 Å². The molecular formula is C24H33FN2O2. The van der Waals surface area contributed by atoms with Gasteiger partial charge in [0.15, 0.2) is 0 Å². The standard InChI is InChI=1S/C24H33FN2O2/c1-18-13-27(15-20-8-4-3-5-9-20)14-19(2)24(18)26-12-22(28)17-29-16-21-10-6-7-11-23(21)25/h3-11,18-19,22,24,26,28H,12-17H2,1-2H3/t18-,19+,22-,24?/m1/s1. The first-order valence-electron chi connectivity index (χ1n) is 10.5. The highest BCUT2D eigenvalue weighted by atomic mass is 19.1. The molecule has 0 aliphatic carbocycles. The van der Waals surface area contributed by atoms with Crippen LogP contribution in [0.1, 0.15) is 25.0 Å². The largest absolute Gasteiger partial charge is 0.389 e. The van der Waals surface area contributed by atoms with Gasteiger partial charge in [-0.2, -0.15) is 0 Å². The number of hydrogen-bond donors (Lipinski definition) is 2. The van der Waals surface area contributed by atoms with Crippen LogP contribution in [0.15, 0.2) is 54.6 Å². The van der Waals surface area contributed by atoms with E-state index in [1.54, 1.807) is 18.2 Å². The normalized spacial score (nSPS) is 23.8. The fraction of sp³-hybridized carbons (Fsp3) is 0.500. The first-order valence-corrected chi connectivity index (χ1v) is 10.5. The van der Waals surface area contributed by atoms with Crippen LogP contribution in [0, 0.1) is 17.7 Å². The van der Waals surface area contributed by atoms with Gasteiger partial charge in [-0.15, -0.1) is 0 Å². The number of ether oxygens (including phenoxy) is 1. The first-order chi connectivity index (χ1) is 14.0. The highest BCUT2D eigenvalue weighted by Crippen LogP contribution is 2.23. The van der Waals surface area contributed by atoms with Gasteiger partial charge in [0, 0.05) is 37.8 Å². The van der Waals surface area contributed by atoms with Crippen LogP contribution in [0.4, 0.5) is 4.39 Å². The smallest absolute Gasteiger partial charge is 0.128 e. The zero-order valence-corrected chi connectivity index (χ0v) is 17.4. The lowest BCUT2D eigenvalue weighted by Crippen LogP contribution is -2.54. The van der Waals surface area contributed by atoms with Crippen molar-refractivity contribution in [3.8, 4) is 0 Å². The molecule has 1 fully saturated rings. The van der Waals surface area contributed by atoms with Gasteiger partial charge in [0.2, 0.25) is 0 Å². The van der Waals surface area contributed by atoms with E-state index in [-0.39, 0.29) is 19.0 Å². The number of halogens is 1. The van der Waals surface area contributed by atoms with Gasteiger partial charge in [0.25, 0.3) is 0 Å². The van der Waals surface area contributed by atoms with Crippen molar-refractivity contribution >= 4 is 0 Å². The molecule has 1 aliphatic rings. The van der Waals surface area contributed by atoms with Gasteiger partial charge in [-0.05, 0) is 23.5 Å². The minimum atomic E-state index is -0.608. The highest BCUT2D eigenvalue weighted by molar-refractivity contribution is 5.16. The molecule has 29 heavy (non-hydrogen) atoms. The maximum atomic E-state index is 13.6. The van der Waals surface area contributed by atoms with E-state index in [0.29, 0.717) is 30.0 Å². The third-order valence-corrected chi connectivity index (χ3v) is 5.68. The van der Waals surface area contributed by atoms with Crippen LogP contribution >= 0.6 is 0 Å². The Kier molecular flexibility index (Phi) is 8.19. The van der Waals surface area contributed by atoms with Gasteiger partial charge in [0.1, 0.15) is 5.82 Å². The molecule has 0 spiro atoms. The summed E-state index contributed by atoms with van der Waals surface area (Å²) in [6, 6.07) is 17.5. The number of aliphatic hydroxyl groups excluding tert-OH is 1. The van der Waals surface area contributed by atoms with Crippen molar-refractivity contribution in [1.29, 1.82) is 0 Å². The van der Waals surface area contributed by atoms with Crippen molar-refractivity contribution in [2.75, 3.05) is 26.2 Å². The van der Waals surface area contributed by atoms with E-state index in [0.717, 1.165) is 19.6 Å². The minimum Gasteiger partial charge on any atom is -0.389 e. The Hall–Kier alpha value is -1.79. The fourth-order valence-electron chi connectivity index (χ4n) is 4.30. The van der Waals surface area contributed by atoms with Crippen molar-refractivity contribution in [2.24, 2.45) is 11.8 Å². The molecule has 4 atom stereocenters. The Morgan fingerprint density at radius 3 is 2.41 bits per heavy atom. The van der Waals surface area contributed by atoms with Crippen molar-refractivity contribution in [3.63, 3.8) is 0 Å². The lowest BCUT2D eigenvalue weighted by molar-refractivity contribution is 0.0200. The number of aliphatic hydroxyl groups is 1. The lowest BCUT2D eigenvalue weighted by Gasteiger charge is -2.42. The first kappa shape index (κ1) is 21.9. The molecule has 0 saturated carbocycles. The molecule has 2 aromatic rings. The Labute approximate surface area is 173 Å². The van der Waals surface area contributed by atoms with Crippen molar-refractivity contribution in [2.45, 2.75) is 39.1 Å². The van der Waals surface area contributed by atoms with Crippen LogP contribution in [-0.4, -0.2) is 48.4 Å². The maximum Gasteiger partial charge on any atom is 0.128 e. The molecule has 1 heterocycles. The van der Waals surface area contributed by atoms with E-state index in [2.05, 4.69) is 54.4 Å². The van der Waals surface area contributed by atoms with Crippen molar-refractivity contribution < 1.29 is 14.2 Å². The summed E-state index contributed by atoms with van der Waals surface area (Å²) in [6.07, 6.45) is -0.608. The molecular weight excluding hydrogens is 367 g/mol. The molecule has 2 N–H and O–H groups in total. The van der Waals surface area contributed by atoms with E-state index < -0.39 is 6.10 Å². The molecule has 2 aromatic carbocycles. The molecule has 158 valence electrons. The number of likely N-dealkylation sites (tertiary alicyclic amines) is 1. The van der Waals surface area contributed by atoms with Crippen molar-refractivity contribution in [3.05, 3.63) is 71.5 Å². The van der Waals surface area contributed by atoms with E-state index >= 15 is 0 Å². The maximum absolute atomic E-state index is 13.6. The molecule has 0 bridgehead atoms. The van der Waals surface area contributed by atoms with Crippen LogP contribution < -0.4 is 5.32 Å². The fourth-order valence-corrected chi connectivity index (χ4v) is 4.30. The molecule has 1 saturated heterocycles. The van der Waals surface area contributed by atoms with Gasteiger partial charge >= 0.3 is 0 Å². The van der Waals surface area contributed by atoms with E-state index in [4.69, 9.17) is 4.74 Å². The molecule has 1 unspecified atom stereocenters. The average Bonchev–Trinajstić information content (AvgIpc) is 2.69. The van der Waals surface area contributed by atoms with Crippen LogP contribution in [-0.2, 0) is 17.9 Å². The predicted octanol–water partition coefficient (Wildman–Crippen LogP) is 3.45. The highest BCUT2D eigenvalue weighted by Gasteiger charge is 2.31. The summed E-state index contributed by atoms with van der Waals surface area (Å²) in [5.41, 5.74) is 1.86. The van der Waals surface area contributed by atoms with E-state index in [1.165, 1.54) is 11.6 Å². The second-order valence-electron chi connectivity index (χ2n) is 8.33. The Balaban J connectivity index is 1.39. The van der Waals surface area contributed by atoms with Crippen LogP contribution in [0.25, 0.3) is 0 Å². The van der Waals surface area contributed by atoms with Crippen LogP contribution in [0.5, 0.6) is 0 Å². The second-order valence-corrected chi connectivity index (χ2v) is 8.33. The SMILES string of the molecule is C[C@@H]1CN(Cc2ccccc2)C[C@H](C)C1NC[C@@H](O)COCc1ccccc1F. The number of nitrogens with zero attached hydrogens (tertiary/aromatic N) is 1. The summed E-state index contributed by atoms with van der Waals surface area (Å²) in [5.74, 6) is 0.716. The van der Waals surface area contributed by atoms with E-state index in [9.17, 15) is 9.50 Å². The van der Waals surface area contributed by atoms with Crippen LogP contribution in [0.2, 0.25) is 0 Å². The Morgan fingerprint density at radius 1 is 1.07 bits per heavy atom. The summed E-state index contributed by atoms with van der Waals surface area (Å²) in [6.45, 7) is 8.45. The van der Waals surface area contributed by atoms with Gasteiger partial charge in [0.05, 0.1) is 19.3 Å². The molecule has 5 heteroatoms. The summed E-state index contributed by atoms with van der Waals surface area (Å²) in [4.78, 5) is 2.51. The quantitative estimate of drug-likeness (QED) is 0.677. The molecule has 1 aliphatic heterocycles. The zero-order valence-electron chi connectivity index (χ0n) is 17.4. The summed E-state index contributed by atoms with van der Waals surface area (Å²) in [7, 11) is 0. The van der Waals surface area contributed by atoms with Gasteiger partial charge in [-0.25, -0.2) is 4.39 Å². The second kappa shape index (κ2) is 10.8. The molecule has 0 amide bonds. The average molecular weight is 401 g/mol. The summed E-state index contributed by atoms with van der Waals surface area (Å²) < 4.78 is 19.1. The number of nitrogens with one attached hydrogen (secondary N) is 1. The molecule has 0 radical (unpaired) electrons. The number of hydrogen-bond acceptors (Lipinski definition) is 4. The van der Waals surface area contributed by atoms with Crippen LogP contribution in [0.3, 0.4) is 0 Å². The Morgan fingerprint density at radius 2 is 1.72 bits per heavy atom. The number of rotatable bonds is 9. The Bertz CT molecular complexity index is 731.